The molecule has 5 rings (SSSR count). The van der Waals surface area contributed by atoms with E-state index in [0.717, 1.165) is 14.7 Å². The third-order valence-electron chi connectivity index (χ3n) is 6.31. The minimum Gasteiger partial charge on any atom is -0.496 e. The number of hydrogen-bond donors (Lipinski definition) is 0. The molecule has 39 heavy (non-hydrogen) atoms. The SMILES string of the molecule is COc1cc(C=C2C(=O)N(c3ccccc3)C(=S)N(c3ccccc3)C2=O)cc(I)c1Cc1ccccc1Cl. The molecule has 0 saturated carbocycles. The Morgan fingerprint density at radius 2 is 1.38 bits per heavy atom. The minimum atomic E-state index is -0.488. The molecule has 1 fully saturated rings. The number of nitrogens with zero attached hydrogens (tertiary/aromatic N) is 2. The maximum absolute atomic E-state index is 13.8. The predicted octanol–water partition coefficient (Wildman–Crippen LogP) is 7.29. The van der Waals surface area contributed by atoms with Gasteiger partial charge >= 0.3 is 0 Å². The van der Waals surface area contributed by atoms with Crippen molar-refractivity contribution in [2.75, 3.05) is 16.9 Å². The molecule has 0 radical (unpaired) electrons. The molecule has 0 bridgehead atoms. The number of methoxy groups -OCH3 is 1. The highest BCUT2D eigenvalue weighted by molar-refractivity contribution is 14.1. The molecule has 8 heteroatoms. The molecule has 194 valence electrons. The number of halogens is 2. The lowest BCUT2D eigenvalue weighted by molar-refractivity contribution is -0.120. The fourth-order valence-corrected chi connectivity index (χ4v) is 5.80. The van der Waals surface area contributed by atoms with Crippen LogP contribution in [0.3, 0.4) is 0 Å². The number of rotatable bonds is 6. The smallest absolute Gasteiger partial charge is 0.270 e. The van der Waals surface area contributed by atoms with Gasteiger partial charge in [-0.15, -0.1) is 0 Å². The molecule has 0 spiro atoms. The second-order valence-electron chi connectivity index (χ2n) is 8.74. The lowest BCUT2D eigenvalue weighted by atomic mass is 10.00. The van der Waals surface area contributed by atoms with Gasteiger partial charge in [0.2, 0.25) is 0 Å². The molecule has 0 aliphatic carbocycles. The molecule has 2 amide bonds. The molecule has 1 saturated heterocycles. The number of hydrogen-bond acceptors (Lipinski definition) is 4. The molecule has 0 N–H and O–H groups in total. The molecule has 4 aromatic rings. The van der Waals surface area contributed by atoms with E-state index in [1.807, 2.05) is 72.8 Å². The van der Waals surface area contributed by atoms with Gasteiger partial charge in [0.1, 0.15) is 11.3 Å². The van der Waals surface area contributed by atoms with Crippen molar-refractivity contribution in [2.45, 2.75) is 6.42 Å². The average molecular weight is 665 g/mol. The lowest BCUT2D eigenvalue weighted by Crippen LogP contribution is -2.56. The average Bonchev–Trinajstić information content (AvgIpc) is 2.94. The number of thiocarbonyl (C=S) groups is 1. The first kappa shape index (κ1) is 27.1. The number of anilines is 2. The Morgan fingerprint density at radius 1 is 0.846 bits per heavy atom. The molecular weight excluding hydrogens is 643 g/mol. The Bertz CT molecular complexity index is 1550. The third-order valence-corrected chi connectivity index (χ3v) is 8.01. The van der Waals surface area contributed by atoms with Gasteiger partial charge in [0.15, 0.2) is 5.11 Å². The Labute approximate surface area is 250 Å². The van der Waals surface area contributed by atoms with Crippen molar-refractivity contribution >= 4 is 80.8 Å². The van der Waals surface area contributed by atoms with Gasteiger partial charge in [-0.25, -0.2) is 0 Å². The van der Waals surface area contributed by atoms with E-state index in [2.05, 4.69) is 22.6 Å². The van der Waals surface area contributed by atoms with E-state index >= 15 is 0 Å². The maximum atomic E-state index is 13.8. The van der Waals surface area contributed by atoms with Crippen molar-refractivity contribution in [1.29, 1.82) is 0 Å². The van der Waals surface area contributed by atoms with Crippen LogP contribution < -0.4 is 14.5 Å². The van der Waals surface area contributed by atoms with Crippen LogP contribution in [0.15, 0.2) is 103 Å². The van der Waals surface area contributed by atoms with E-state index in [0.29, 0.717) is 34.1 Å². The summed E-state index contributed by atoms with van der Waals surface area (Å²) in [6, 6.07) is 29.6. The van der Waals surface area contributed by atoms with Crippen molar-refractivity contribution < 1.29 is 14.3 Å². The Hall–Kier alpha value is -3.53. The zero-order chi connectivity index (χ0) is 27.5. The van der Waals surface area contributed by atoms with Crippen molar-refractivity contribution in [3.63, 3.8) is 0 Å². The summed E-state index contributed by atoms with van der Waals surface area (Å²) in [5, 5.41) is 0.778. The molecule has 0 unspecified atom stereocenters. The fraction of sp³-hybridized carbons (Fsp3) is 0.0645. The van der Waals surface area contributed by atoms with Gasteiger partial charge in [-0.2, -0.15) is 0 Å². The third kappa shape index (κ3) is 5.48. The predicted molar refractivity (Wildman–Crippen MR) is 168 cm³/mol. The summed E-state index contributed by atoms with van der Waals surface area (Å²) in [6.07, 6.45) is 2.18. The van der Waals surface area contributed by atoms with Crippen LogP contribution >= 0.6 is 46.4 Å². The summed E-state index contributed by atoms with van der Waals surface area (Å²) >= 11 is 14.3. The van der Waals surface area contributed by atoms with Crippen molar-refractivity contribution in [1.82, 2.24) is 0 Å². The van der Waals surface area contributed by atoms with E-state index in [1.54, 1.807) is 37.5 Å². The normalized spacial score (nSPS) is 13.6. The van der Waals surface area contributed by atoms with Gasteiger partial charge in [0.25, 0.3) is 11.8 Å². The molecule has 0 aromatic heterocycles. The number of ether oxygens (including phenoxy) is 1. The molecule has 5 nitrogen and oxygen atoms in total. The second kappa shape index (κ2) is 11.7. The quantitative estimate of drug-likeness (QED) is 0.0941. The zero-order valence-electron chi connectivity index (χ0n) is 20.8. The van der Waals surface area contributed by atoms with E-state index in [1.165, 1.54) is 9.80 Å². The molecule has 0 atom stereocenters. The number of amides is 2. The van der Waals surface area contributed by atoms with E-state index in [9.17, 15) is 9.59 Å². The monoisotopic (exact) mass is 664 g/mol. The summed E-state index contributed by atoms with van der Waals surface area (Å²) in [4.78, 5) is 30.4. The number of carbonyl (C=O) groups excluding carboxylic acids is 2. The summed E-state index contributed by atoms with van der Waals surface area (Å²) in [5.74, 6) is -0.338. The van der Waals surface area contributed by atoms with Crippen LogP contribution in [-0.4, -0.2) is 24.0 Å². The Balaban J connectivity index is 1.60. The van der Waals surface area contributed by atoms with E-state index in [4.69, 9.17) is 28.6 Å². The summed E-state index contributed by atoms with van der Waals surface area (Å²) in [6.45, 7) is 0. The van der Waals surface area contributed by atoms with Gasteiger partial charge in [-0.3, -0.25) is 19.4 Å². The van der Waals surface area contributed by atoms with Crippen LogP contribution in [0.4, 0.5) is 11.4 Å². The highest BCUT2D eigenvalue weighted by Gasteiger charge is 2.41. The van der Waals surface area contributed by atoms with Gasteiger partial charge in [0.05, 0.1) is 18.5 Å². The molecular formula is C31H22ClIN2O3S. The molecule has 4 aromatic carbocycles. The molecule has 1 heterocycles. The van der Waals surface area contributed by atoms with E-state index in [-0.39, 0.29) is 10.7 Å². The molecule has 1 aliphatic rings. The Kier molecular flexibility index (Phi) is 8.11. The van der Waals surface area contributed by atoms with Crippen LogP contribution in [0.5, 0.6) is 5.75 Å². The van der Waals surface area contributed by atoms with Crippen LogP contribution in [0, 0.1) is 3.57 Å². The number of benzene rings is 4. The lowest BCUT2D eigenvalue weighted by Gasteiger charge is -2.36. The van der Waals surface area contributed by atoms with Crippen molar-refractivity contribution in [2.24, 2.45) is 0 Å². The number of carbonyl (C=O) groups is 2. The summed E-state index contributed by atoms with van der Waals surface area (Å²) in [5.41, 5.74) is 3.75. The van der Waals surface area contributed by atoms with Crippen LogP contribution in [0.2, 0.25) is 5.02 Å². The largest absolute Gasteiger partial charge is 0.496 e. The Morgan fingerprint density at radius 3 is 1.92 bits per heavy atom. The summed E-state index contributed by atoms with van der Waals surface area (Å²) < 4.78 is 6.65. The van der Waals surface area contributed by atoms with Crippen molar-refractivity contribution in [3.05, 3.63) is 128 Å². The summed E-state index contributed by atoms with van der Waals surface area (Å²) in [7, 11) is 1.60. The van der Waals surface area contributed by atoms with E-state index < -0.39 is 11.8 Å². The minimum absolute atomic E-state index is 0.00647. The fourth-order valence-electron chi connectivity index (χ4n) is 4.41. The first-order valence-electron chi connectivity index (χ1n) is 12.0. The van der Waals surface area contributed by atoms with Gasteiger partial charge in [0, 0.05) is 20.6 Å². The zero-order valence-corrected chi connectivity index (χ0v) is 24.5. The van der Waals surface area contributed by atoms with Gasteiger partial charge in [-0.1, -0.05) is 66.2 Å². The standard InChI is InChI=1S/C31H22ClIN2O3S/c1-38-28-18-20(17-27(33)24(28)19-21-10-8-9-15-26(21)32)16-25-29(36)34(22-11-4-2-5-12-22)31(39)35(30(25)37)23-13-6-3-7-14-23/h2-18H,19H2,1H3. The second-order valence-corrected chi connectivity index (χ2v) is 10.7. The highest BCUT2D eigenvalue weighted by atomic mass is 127. The first-order chi connectivity index (χ1) is 18.9. The number of para-hydroxylation sites is 2. The topological polar surface area (TPSA) is 49.9 Å². The van der Waals surface area contributed by atoms with Gasteiger partial charge in [-0.05, 0) is 94.5 Å². The molecule has 1 aliphatic heterocycles. The highest BCUT2D eigenvalue weighted by Crippen LogP contribution is 2.33. The van der Waals surface area contributed by atoms with Crippen LogP contribution in [-0.2, 0) is 16.0 Å². The van der Waals surface area contributed by atoms with Crippen LogP contribution in [0.1, 0.15) is 16.7 Å². The van der Waals surface area contributed by atoms with Gasteiger partial charge < -0.3 is 4.74 Å². The van der Waals surface area contributed by atoms with Crippen LogP contribution in [0.25, 0.3) is 6.08 Å². The van der Waals surface area contributed by atoms with Crippen molar-refractivity contribution in [3.8, 4) is 5.75 Å². The maximum Gasteiger partial charge on any atom is 0.270 e. The first-order valence-corrected chi connectivity index (χ1v) is 13.9.